The van der Waals surface area contributed by atoms with Gasteiger partial charge < -0.3 is 10.1 Å². The first kappa shape index (κ1) is 16.0. The molecule has 1 unspecified atom stereocenters. The Kier molecular flexibility index (Phi) is 8.76. The van der Waals surface area contributed by atoms with Crippen molar-refractivity contribution in [2.45, 2.75) is 30.4 Å². The summed E-state index contributed by atoms with van der Waals surface area (Å²) in [5.41, 5.74) is 0. The molecule has 1 aromatic carbocycles. The van der Waals surface area contributed by atoms with Crippen LogP contribution in [0.1, 0.15) is 20.3 Å². The van der Waals surface area contributed by atoms with E-state index < -0.39 is 0 Å². The third-order valence-electron chi connectivity index (χ3n) is 2.43. The predicted molar refractivity (Wildman–Crippen MR) is 83.4 cm³/mol. The van der Waals surface area contributed by atoms with Crippen LogP contribution in [0.4, 0.5) is 0 Å². The lowest BCUT2D eigenvalue weighted by atomic mass is 10.4. The van der Waals surface area contributed by atoms with Crippen molar-refractivity contribution >= 4 is 27.7 Å². The van der Waals surface area contributed by atoms with Crippen molar-refractivity contribution in [3.8, 4) is 0 Å². The maximum atomic E-state index is 5.30. The van der Waals surface area contributed by atoms with Crippen molar-refractivity contribution in [1.29, 1.82) is 0 Å². The molecule has 102 valence electrons. The molecule has 0 spiro atoms. The molecule has 0 aliphatic rings. The van der Waals surface area contributed by atoms with Crippen LogP contribution in [0.5, 0.6) is 0 Å². The first-order valence-corrected chi connectivity index (χ1v) is 8.10. The Morgan fingerprint density at radius 3 is 2.72 bits per heavy atom. The quantitative estimate of drug-likeness (QED) is 0.547. The molecule has 0 heterocycles. The summed E-state index contributed by atoms with van der Waals surface area (Å²) in [7, 11) is 0. The molecule has 1 aromatic rings. The molecule has 18 heavy (non-hydrogen) atoms. The van der Waals surface area contributed by atoms with Crippen molar-refractivity contribution < 1.29 is 4.74 Å². The van der Waals surface area contributed by atoms with Crippen molar-refractivity contribution in [2.75, 3.05) is 26.3 Å². The molecule has 0 amide bonds. The van der Waals surface area contributed by atoms with Crippen LogP contribution in [0.2, 0.25) is 0 Å². The summed E-state index contributed by atoms with van der Waals surface area (Å²) in [5, 5.41) is 4.05. The normalized spacial score (nSPS) is 12.6. The minimum absolute atomic E-state index is 0.582. The highest BCUT2D eigenvalue weighted by molar-refractivity contribution is 9.10. The number of hydrogen-bond donors (Lipinski definition) is 1. The Labute approximate surface area is 123 Å². The van der Waals surface area contributed by atoms with Crippen LogP contribution in [0.3, 0.4) is 0 Å². The van der Waals surface area contributed by atoms with Gasteiger partial charge >= 0.3 is 0 Å². The Bertz CT molecular complexity index is 318. The molecule has 0 saturated heterocycles. The summed E-state index contributed by atoms with van der Waals surface area (Å²) in [6.07, 6.45) is 1.09. The Hall–Kier alpha value is -0.0300. The fourth-order valence-corrected chi connectivity index (χ4v) is 2.76. The van der Waals surface area contributed by atoms with Crippen LogP contribution in [-0.2, 0) is 4.74 Å². The third-order valence-corrected chi connectivity index (χ3v) is 4.07. The van der Waals surface area contributed by atoms with Crippen LogP contribution in [0.15, 0.2) is 33.6 Å². The van der Waals surface area contributed by atoms with Crippen LogP contribution in [-0.4, -0.2) is 31.6 Å². The maximum absolute atomic E-state index is 5.30. The molecular formula is C14H22BrNOS. The van der Waals surface area contributed by atoms with Gasteiger partial charge in [-0.3, -0.25) is 0 Å². The number of nitrogens with one attached hydrogen (secondary N) is 1. The average Bonchev–Trinajstić information content (AvgIpc) is 2.36. The van der Waals surface area contributed by atoms with E-state index in [-0.39, 0.29) is 0 Å². The summed E-state index contributed by atoms with van der Waals surface area (Å²) in [4.78, 5) is 1.32. The second kappa shape index (κ2) is 9.84. The number of hydrogen-bond acceptors (Lipinski definition) is 3. The Morgan fingerprint density at radius 1 is 1.33 bits per heavy atom. The fraction of sp³-hybridized carbons (Fsp3) is 0.571. The standard InChI is InChI=1S/C14H22BrNOS/c1-3-17-10-4-9-16-11-12(2)18-14-7-5-13(15)6-8-14/h5-8,12,16H,3-4,9-11H2,1-2H3. The lowest BCUT2D eigenvalue weighted by molar-refractivity contribution is 0.145. The summed E-state index contributed by atoms with van der Waals surface area (Å²) in [6, 6.07) is 8.48. The van der Waals surface area contributed by atoms with E-state index in [1.165, 1.54) is 4.90 Å². The highest BCUT2D eigenvalue weighted by Crippen LogP contribution is 2.24. The van der Waals surface area contributed by atoms with Crippen LogP contribution in [0, 0.1) is 0 Å². The lowest BCUT2D eigenvalue weighted by Gasteiger charge is -2.12. The fourth-order valence-electron chi connectivity index (χ4n) is 1.54. The average molecular weight is 332 g/mol. The molecule has 2 nitrogen and oxygen atoms in total. The minimum atomic E-state index is 0.582. The van der Waals surface area contributed by atoms with Gasteiger partial charge in [-0.15, -0.1) is 11.8 Å². The van der Waals surface area contributed by atoms with Crippen molar-refractivity contribution in [3.05, 3.63) is 28.7 Å². The van der Waals surface area contributed by atoms with E-state index in [4.69, 9.17) is 4.74 Å². The molecule has 4 heteroatoms. The molecule has 0 aliphatic heterocycles. The van der Waals surface area contributed by atoms with E-state index in [9.17, 15) is 0 Å². The summed E-state index contributed by atoms with van der Waals surface area (Å²) in [5.74, 6) is 0. The number of ether oxygens (including phenoxy) is 1. The van der Waals surface area contributed by atoms with E-state index in [1.807, 2.05) is 18.7 Å². The van der Waals surface area contributed by atoms with Crippen LogP contribution in [0.25, 0.3) is 0 Å². The number of rotatable bonds is 9. The van der Waals surface area contributed by atoms with Gasteiger partial charge in [-0.25, -0.2) is 0 Å². The van der Waals surface area contributed by atoms with Crippen molar-refractivity contribution in [1.82, 2.24) is 5.32 Å². The van der Waals surface area contributed by atoms with Crippen molar-refractivity contribution in [2.24, 2.45) is 0 Å². The van der Waals surface area contributed by atoms with Gasteiger partial charge in [-0.2, -0.15) is 0 Å². The molecule has 0 aromatic heterocycles. The maximum Gasteiger partial charge on any atom is 0.0477 e. The summed E-state index contributed by atoms with van der Waals surface area (Å²) >= 11 is 5.36. The van der Waals surface area contributed by atoms with Crippen LogP contribution >= 0.6 is 27.7 Å². The van der Waals surface area contributed by atoms with Gasteiger partial charge in [0.25, 0.3) is 0 Å². The van der Waals surface area contributed by atoms with Crippen molar-refractivity contribution in [3.63, 3.8) is 0 Å². The molecule has 1 N–H and O–H groups in total. The Morgan fingerprint density at radius 2 is 2.06 bits per heavy atom. The van der Waals surface area contributed by atoms with E-state index >= 15 is 0 Å². The number of thioether (sulfide) groups is 1. The molecule has 1 rings (SSSR count). The zero-order chi connectivity index (χ0) is 13.2. The first-order chi connectivity index (χ1) is 8.72. The Balaban J connectivity index is 2.10. The molecule has 0 aliphatic carbocycles. The van der Waals surface area contributed by atoms with E-state index in [2.05, 4.69) is 52.4 Å². The highest BCUT2D eigenvalue weighted by Gasteiger charge is 2.03. The van der Waals surface area contributed by atoms with Gasteiger partial charge in [0.2, 0.25) is 0 Å². The molecular weight excluding hydrogens is 310 g/mol. The van der Waals surface area contributed by atoms with E-state index in [0.717, 1.165) is 37.2 Å². The second-order valence-corrected chi connectivity index (χ2v) is 6.56. The summed E-state index contributed by atoms with van der Waals surface area (Å²) in [6.45, 7) is 8.03. The highest BCUT2D eigenvalue weighted by atomic mass is 79.9. The number of halogens is 1. The predicted octanol–water partition coefficient (Wildman–Crippen LogP) is 3.95. The third kappa shape index (κ3) is 7.41. The molecule has 0 fully saturated rings. The molecule has 0 radical (unpaired) electrons. The number of benzene rings is 1. The van der Waals surface area contributed by atoms with E-state index in [0.29, 0.717) is 5.25 Å². The first-order valence-electron chi connectivity index (χ1n) is 6.43. The lowest BCUT2D eigenvalue weighted by Crippen LogP contribution is -2.24. The molecule has 0 saturated carbocycles. The van der Waals surface area contributed by atoms with Gasteiger partial charge in [0.05, 0.1) is 0 Å². The van der Waals surface area contributed by atoms with Gasteiger partial charge in [0.1, 0.15) is 0 Å². The van der Waals surface area contributed by atoms with Gasteiger partial charge in [0.15, 0.2) is 0 Å². The summed E-state index contributed by atoms with van der Waals surface area (Å²) < 4.78 is 6.43. The monoisotopic (exact) mass is 331 g/mol. The van der Waals surface area contributed by atoms with Gasteiger partial charge in [-0.1, -0.05) is 22.9 Å². The molecule has 0 bridgehead atoms. The zero-order valence-electron chi connectivity index (χ0n) is 11.1. The smallest absolute Gasteiger partial charge is 0.0477 e. The second-order valence-electron chi connectivity index (χ2n) is 4.14. The minimum Gasteiger partial charge on any atom is -0.382 e. The largest absolute Gasteiger partial charge is 0.382 e. The van der Waals surface area contributed by atoms with E-state index in [1.54, 1.807) is 0 Å². The van der Waals surface area contributed by atoms with Gasteiger partial charge in [0, 0.05) is 34.4 Å². The van der Waals surface area contributed by atoms with Gasteiger partial charge in [-0.05, 0) is 44.2 Å². The SMILES string of the molecule is CCOCCCNCC(C)Sc1ccc(Br)cc1. The van der Waals surface area contributed by atoms with Crippen LogP contribution < -0.4 is 5.32 Å². The topological polar surface area (TPSA) is 21.3 Å². The zero-order valence-corrected chi connectivity index (χ0v) is 13.5. The molecule has 1 atom stereocenters.